The number of aliphatic hydroxyl groups is 1. The van der Waals surface area contributed by atoms with Crippen molar-refractivity contribution in [2.45, 2.75) is 52.7 Å². The molecule has 1 aromatic heterocycles. The molecule has 0 radical (unpaired) electrons. The van der Waals surface area contributed by atoms with Crippen molar-refractivity contribution in [3.8, 4) is 0 Å². The monoisotopic (exact) mass is 392 g/mol. The minimum atomic E-state index is -0.680. The van der Waals surface area contributed by atoms with Crippen LogP contribution in [0.4, 0.5) is 4.79 Å². The molecule has 0 aliphatic carbocycles. The molecule has 6 nitrogen and oxygen atoms in total. The Morgan fingerprint density at radius 2 is 2.04 bits per heavy atom. The highest BCUT2D eigenvalue weighted by Gasteiger charge is 2.40. The molecule has 0 saturated carbocycles. The molecule has 27 heavy (non-hydrogen) atoms. The standard InChI is InChI=1S/C20H29ClN4O2/c1-12(2)23-19(27)25-7-5-14(6-8-25)20(3,4)18(26)16-10-15(21)9-13-11-22-24-17(13)16/h9-12,14,18,26H,5-8H2,1-4H3,(H,22,24)(H,23,27)/t18-/m0/s1. The number of halogens is 1. The van der Waals surface area contributed by atoms with Crippen LogP contribution in [0.25, 0.3) is 10.9 Å². The zero-order chi connectivity index (χ0) is 19.8. The fourth-order valence-electron chi connectivity index (χ4n) is 4.05. The van der Waals surface area contributed by atoms with Gasteiger partial charge in [-0.15, -0.1) is 0 Å². The lowest BCUT2D eigenvalue weighted by molar-refractivity contribution is -0.0144. The van der Waals surface area contributed by atoms with Crippen molar-refractivity contribution >= 4 is 28.5 Å². The van der Waals surface area contributed by atoms with Crippen LogP contribution in [0.5, 0.6) is 0 Å². The largest absolute Gasteiger partial charge is 0.388 e. The molecule has 1 aliphatic rings. The zero-order valence-electron chi connectivity index (χ0n) is 16.4. The molecule has 0 unspecified atom stereocenters. The summed E-state index contributed by atoms with van der Waals surface area (Å²) >= 11 is 6.25. The molecular formula is C20H29ClN4O2. The number of H-pyrrole nitrogens is 1. The number of aromatic amines is 1. The third-order valence-electron chi connectivity index (χ3n) is 5.79. The Bertz CT molecular complexity index is 809. The maximum absolute atomic E-state index is 12.2. The smallest absolute Gasteiger partial charge is 0.317 e. The fraction of sp³-hybridized carbons (Fsp3) is 0.600. The van der Waals surface area contributed by atoms with Crippen LogP contribution in [0.15, 0.2) is 18.3 Å². The second-order valence-electron chi connectivity index (χ2n) is 8.42. The van der Waals surface area contributed by atoms with Crippen molar-refractivity contribution in [3.63, 3.8) is 0 Å². The van der Waals surface area contributed by atoms with Crippen LogP contribution in [-0.4, -0.2) is 45.4 Å². The number of urea groups is 1. The van der Waals surface area contributed by atoms with Crippen LogP contribution in [0.2, 0.25) is 5.02 Å². The average molecular weight is 393 g/mol. The second kappa shape index (κ2) is 7.68. The van der Waals surface area contributed by atoms with Crippen LogP contribution in [0.1, 0.15) is 52.2 Å². The number of rotatable bonds is 4. The minimum Gasteiger partial charge on any atom is -0.388 e. The Kier molecular flexibility index (Phi) is 5.68. The number of fused-ring (bicyclic) bond motifs is 1. The van der Waals surface area contributed by atoms with Crippen molar-refractivity contribution in [2.75, 3.05) is 13.1 Å². The Morgan fingerprint density at radius 3 is 2.67 bits per heavy atom. The average Bonchev–Trinajstić information content (AvgIpc) is 3.08. The zero-order valence-corrected chi connectivity index (χ0v) is 17.2. The molecule has 3 N–H and O–H groups in total. The van der Waals surface area contributed by atoms with Crippen molar-refractivity contribution in [2.24, 2.45) is 11.3 Å². The van der Waals surface area contributed by atoms with Crippen molar-refractivity contribution in [3.05, 3.63) is 28.9 Å². The summed E-state index contributed by atoms with van der Waals surface area (Å²) in [5.74, 6) is 0.299. The number of carbonyl (C=O) groups excluding carboxylic acids is 1. The molecule has 1 fully saturated rings. The molecule has 3 rings (SSSR count). The molecule has 7 heteroatoms. The molecule has 2 aromatic rings. The summed E-state index contributed by atoms with van der Waals surface area (Å²) in [7, 11) is 0. The number of hydrogen-bond acceptors (Lipinski definition) is 3. The van der Waals surface area contributed by atoms with Crippen LogP contribution in [-0.2, 0) is 0 Å². The SMILES string of the molecule is CC(C)NC(=O)N1CCC(C(C)(C)[C@@H](O)c2cc(Cl)cc3cn[nH]c23)CC1. The molecule has 2 amide bonds. The Morgan fingerprint density at radius 1 is 1.37 bits per heavy atom. The summed E-state index contributed by atoms with van der Waals surface area (Å²) in [6.45, 7) is 9.52. The lowest BCUT2D eigenvalue weighted by Crippen LogP contribution is -2.48. The number of likely N-dealkylation sites (tertiary alicyclic amines) is 1. The Labute approximate surface area is 165 Å². The molecule has 0 spiro atoms. The van der Waals surface area contributed by atoms with Gasteiger partial charge in [0.15, 0.2) is 0 Å². The van der Waals surface area contributed by atoms with Crippen molar-refractivity contribution in [1.82, 2.24) is 20.4 Å². The highest BCUT2D eigenvalue weighted by atomic mass is 35.5. The van der Waals surface area contributed by atoms with Crippen LogP contribution in [0.3, 0.4) is 0 Å². The number of nitrogens with one attached hydrogen (secondary N) is 2. The van der Waals surface area contributed by atoms with Crippen LogP contribution >= 0.6 is 11.6 Å². The van der Waals surface area contributed by atoms with E-state index in [0.717, 1.165) is 29.3 Å². The number of nitrogens with zero attached hydrogens (tertiary/aromatic N) is 2. The summed E-state index contributed by atoms with van der Waals surface area (Å²) in [6.07, 6.45) is 2.76. The molecule has 0 bridgehead atoms. The summed E-state index contributed by atoms with van der Waals surface area (Å²) in [5, 5.41) is 22.7. The molecule has 1 saturated heterocycles. The van der Waals surface area contributed by atoms with Gasteiger partial charge in [-0.25, -0.2) is 4.79 Å². The topological polar surface area (TPSA) is 81.2 Å². The number of aliphatic hydroxyl groups excluding tert-OH is 1. The van der Waals surface area contributed by atoms with E-state index in [1.807, 2.05) is 30.9 Å². The van der Waals surface area contributed by atoms with Crippen molar-refractivity contribution < 1.29 is 9.90 Å². The van der Waals surface area contributed by atoms with E-state index in [2.05, 4.69) is 29.4 Å². The highest BCUT2D eigenvalue weighted by Crippen LogP contribution is 2.46. The van der Waals surface area contributed by atoms with E-state index >= 15 is 0 Å². The number of benzene rings is 1. The lowest BCUT2D eigenvalue weighted by Gasteiger charge is -2.43. The van der Waals surface area contributed by atoms with Gasteiger partial charge in [0, 0.05) is 35.1 Å². The van der Waals surface area contributed by atoms with E-state index in [-0.39, 0.29) is 17.5 Å². The van der Waals surface area contributed by atoms with Gasteiger partial charge in [-0.2, -0.15) is 5.10 Å². The molecule has 2 heterocycles. The van der Waals surface area contributed by atoms with Gasteiger partial charge in [-0.3, -0.25) is 5.10 Å². The van der Waals surface area contributed by atoms with E-state index in [1.165, 1.54) is 0 Å². The van der Waals surface area contributed by atoms with Crippen LogP contribution in [0, 0.1) is 11.3 Å². The van der Waals surface area contributed by atoms with Gasteiger partial charge >= 0.3 is 6.03 Å². The van der Waals surface area contributed by atoms with Gasteiger partial charge in [0.25, 0.3) is 0 Å². The van der Waals surface area contributed by atoms with Gasteiger partial charge in [0.2, 0.25) is 0 Å². The van der Waals surface area contributed by atoms with E-state index in [1.54, 1.807) is 6.20 Å². The predicted octanol–water partition coefficient (Wildman–Crippen LogP) is 4.11. The summed E-state index contributed by atoms with van der Waals surface area (Å²) < 4.78 is 0. The molecule has 1 atom stereocenters. The summed E-state index contributed by atoms with van der Waals surface area (Å²) in [5.41, 5.74) is 1.25. The van der Waals surface area contributed by atoms with Gasteiger partial charge in [-0.1, -0.05) is 25.4 Å². The van der Waals surface area contributed by atoms with E-state index in [4.69, 9.17) is 11.6 Å². The van der Waals surface area contributed by atoms with Gasteiger partial charge in [-0.05, 0) is 50.2 Å². The van der Waals surface area contributed by atoms with E-state index in [9.17, 15) is 9.90 Å². The first kappa shape index (κ1) is 20.0. The molecule has 1 aromatic carbocycles. The third kappa shape index (κ3) is 4.06. The third-order valence-corrected chi connectivity index (χ3v) is 6.01. The summed E-state index contributed by atoms with van der Waals surface area (Å²) in [6, 6.07) is 3.79. The maximum atomic E-state index is 12.2. The molecule has 148 valence electrons. The quantitative estimate of drug-likeness (QED) is 0.732. The molecule has 1 aliphatic heterocycles. The second-order valence-corrected chi connectivity index (χ2v) is 8.86. The maximum Gasteiger partial charge on any atom is 0.317 e. The first-order valence-electron chi connectivity index (χ1n) is 9.56. The Balaban J connectivity index is 1.74. The van der Waals surface area contributed by atoms with Gasteiger partial charge in [0.05, 0.1) is 17.8 Å². The number of amides is 2. The summed E-state index contributed by atoms with van der Waals surface area (Å²) in [4.78, 5) is 14.1. The molecular weight excluding hydrogens is 364 g/mol. The predicted molar refractivity (Wildman–Crippen MR) is 108 cm³/mol. The minimum absolute atomic E-state index is 0.00388. The number of hydrogen-bond donors (Lipinski definition) is 3. The van der Waals surface area contributed by atoms with Crippen molar-refractivity contribution in [1.29, 1.82) is 0 Å². The van der Waals surface area contributed by atoms with Gasteiger partial charge < -0.3 is 15.3 Å². The number of carbonyl (C=O) groups is 1. The normalized spacial score (nSPS) is 17.5. The number of piperidine rings is 1. The number of aromatic nitrogens is 2. The first-order valence-corrected chi connectivity index (χ1v) is 9.94. The lowest BCUT2D eigenvalue weighted by atomic mass is 9.68. The van der Waals surface area contributed by atoms with E-state index < -0.39 is 6.10 Å². The van der Waals surface area contributed by atoms with Gasteiger partial charge in [0.1, 0.15) is 0 Å². The highest BCUT2D eigenvalue weighted by molar-refractivity contribution is 6.31. The van der Waals surface area contributed by atoms with E-state index in [0.29, 0.717) is 24.0 Å². The van der Waals surface area contributed by atoms with Crippen LogP contribution < -0.4 is 5.32 Å². The fourth-order valence-corrected chi connectivity index (χ4v) is 4.29. The first-order chi connectivity index (χ1) is 12.7. The Hall–Kier alpha value is -1.79.